The zero-order valence-corrected chi connectivity index (χ0v) is 19.3. The molecule has 0 saturated heterocycles. The number of rotatable bonds is 7. The van der Waals surface area contributed by atoms with Crippen molar-refractivity contribution in [2.24, 2.45) is 5.92 Å². The maximum absolute atomic E-state index is 13.6. The van der Waals surface area contributed by atoms with Crippen molar-refractivity contribution in [1.82, 2.24) is 0 Å². The summed E-state index contributed by atoms with van der Waals surface area (Å²) in [5.41, 5.74) is 2.26. The minimum atomic E-state index is -0.981. The highest BCUT2D eigenvalue weighted by molar-refractivity contribution is 6.31. The number of benzene rings is 3. The Morgan fingerprint density at radius 1 is 1.06 bits per heavy atom. The minimum Gasteiger partial charge on any atom is -0.386 e. The number of anilines is 2. The number of halogens is 2. The van der Waals surface area contributed by atoms with E-state index in [1.54, 1.807) is 77.7 Å². The largest absolute Gasteiger partial charge is 0.386 e. The summed E-state index contributed by atoms with van der Waals surface area (Å²) in [6.45, 7) is 0. The number of carbonyl (C=O) groups is 1. The van der Waals surface area contributed by atoms with Crippen molar-refractivity contribution in [3.63, 3.8) is 0 Å². The van der Waals surface area contributed by atoms with Crippen LogP contribution in [0.25, 0.3) is 0 Å². The standard InChI is InChI=1S/C26H23Cl2N3O2/c27-20-6-10-22(11-7-20)30-26(33)31(23-12-8-21(28)9-13-23)24(15-17-4-5-17)25(32)19-3-1-2-18(14-19)16-29/h1-3,6-14,17,24-25,32H,4-5,15H2,(H,30,33). The average Bonchev–Trinajstić information content (AvgIpc) is 3.65. The molecule has 1 aliphatic carbocycles. The smallest absolute Gasteiger partial charge is 0.326 e. The molecular weight excluding hydrogens is 457 g/mol. The Morgan fingerprint density at radius 3 is 2.30 bits per heavy atom. The lowest BCUT2D eigenvalue weighted by Gasteiger charge is -2.35. The summed E-state index contributed by atoms with van der Waals surface area (Å²) in [6.07, 6.45) is 1.78. The fraction of sp³-hybridized carbons (Fsp3) is 0.231. The number of hydrogen-bond acceptors (Lipinski definition) is 3. The fourth-order valence-corrected chi connectivity index (χ4v) is 4.11. The first-order valence-electron chi connectivity index (χ1n) is 10.7. The molecule has 0 aromatic heterocycles. The van der Waals surface area contributed by atoms with Crippen molar-refractivity contribution < 1.29 is 9.90 Å². The van der Waals surface area contributed by atoms with Gasteiger partial charge in [0.2, 0.25) is 0 Å². The Kier molecular flexibility index (Phi) is 7.20. The van der Waals surface area contributed by atoms with Crippen molar-refractivity contribution in [2.75, 3.05) is 10.2 Å². The monoisotopic (exact) mass is 479 g/mol. The number of amides is 2. The number of urea groups is 1. The molecule has 5 nitrogen and oxygen atoms in total. The highest BCUT2D eigenvalue weighted by Crippen LogP contribution is 2.40. The fourth-order valence-electron chi connectivity index (χ4n) is 3.86. The van der Waals surface area contributed by atoms with Crippen LogP contribution >= 0.6 is 23.2 Å². The van der Waals surface area contributed by atoms with Crippen LogP contribution in [-0.2, 0) is 0 Å². The van der Waals surface area contributed by atoms with Gasteiger partial charge in [-0.05, 0) is 78.6 Å². The third-order valence-corrected chi connectivity index (χ3v) is 6.25. The molecule has 1 saturated carbocycles. The van der Waals surface area contributed by atoms with Crippen LogP contribution in [0, 0.1) is 17.2 Å². The van der Waals surface area contributed by atoms with E-state index in [9.17, 15) is 15.2 Å². The van der Waals surface area contributed by atoms with Crippen LogP contribution in [0.2, 0.25) is 10.0 Å². The van der Waals surface area contributed by atoms with Crippen molar-refractivity contribution in [2.45, 2.75) is 31.4 Å². The SMILES string of the molecule is N#Cc1cccc(C(O)C(CC2CC2)N(C(=O)Nc2ccc(Cl)cc2)c2ccc(Cl)cc2)c1. The number of aliphatic hydroxyl groups is 1. The molecule has 1 fully saturated rings. The number of aliphatic hydroxyl groups excluding tert-OH is 1. The molecule has 0 spiro atoms. The predicted octanol–water partition coefficient (Wildman–Crippen LogP) is 6.81. The Bertz CT molecular complexity index is 1160. The molecule has 0 aliphatic heterocycles. The molecule has 0 radical (unpaired) electrons. The highest BCUT2D eigenvalue weighted by Gasteiger charge is 2.37. The van der Waals surface area contributed by atoms with Crippen molar-refractivity contribution in [1.29, 1.82) is 5.26 Å². The summed E-state index contributed by atoms with van der Waals surface area (Å²) in [4.78, 5) is 15.2. The summed E-state index contributed by atoms with van der Waals surface area (Å²) in [5.74, 6) is 0.432. The number of hydrogen-bond donors (Lipinski definition) is 2. The molecule has 1 aliphatic rings. The highest BCUT2D eigenvalue weighted by atomic mass is 35.5. The molecule has 0 heterocycles. The molecule has 7 heteroatoms. The van der Waals surface area contributed by atoms with Gasteiger partial charge in [0, 0.05) is 21.4 Å². The van der Waals surface area contributed by atoms with Crippen LogP contribution in [0.3, 0.4) is 0 Å². The molecule has 2 unspecified atom stereocenters. The van der Waals surface area contributed by atoms with Gasteiger partial charge in [-0.15, -0.1) is 0 Å². The number of nitriles is 1. The quantitative estimate of drug-likeness (QED) is 0.390. The van der Waals surface area contributed by atoms with E-state index in [2.05, 4.69) is 11.4 Å². The van der Waals surface area contributed by atoms with Crippen LogP contribution in [0.15, 0.2) is 72.8 Å². The second kappa shape index (κ2) is 10.3. The molecule has 2 amide bonds. The van der Waals surface area contributed by atoms with Gasteiger partial charge >= 0.3 is 6.03 Å². The van der Waals surface area contributed by atoms with Crippen molar-refractivity contribution in [3.05, 3.63) is 94.0 Å². The van der Waals surface area contributed by atoms with Gasteiger partial charge in [0.05, 0.1) is 23.8 Å². The average molecular weight is 480 g/mol. The maximum Gasteiger partial charge on any atom is 0.326 e. The summed E-state index contributed by atoms with van der Waals surface area (Å²) in [6, 6.07) is 21.9. The Morgan fingerprint density at radius 2 is 1.70 bits per heavy atom. The summed E-state index contributed by atoms with van der Waals surface area (Å²) in [7, 11) is 0. The first-order valence-corrected chi connectivity index (χ1v) is 11.5. The third-order valence-electron chi connectivity index (χ3n) is 5.74. The van der Waals surface area contributed by atoms with E-state index < -0.39 is 12.1 Å². The molecule has 4 rings (SSSR count). The summed E-state index contributed by atoms with van der Waals surface area (Å²) < 4.78 is 0. The first-order chi connectivity index (χ1) is 15.9. The van der Waals surface area contributed by atoms with Crippen LogP contribution in [0.1, 0.15) is 36.5 Å². The van der Waals surface area contributed by atoms with Gasteiger partial charge in [-0.2, -0.15) is 5.26 Å². The summed E-state index contributed by atoms with van der Waals surface area (Å²) in [5, 5.41) is 24.8. The van der Waals surface area contributed by atoms with Crippen LogP contribution in [-0.4, -0.2) is 17.2 Å². The maximum atomic E-state index is 13.6. The van der Waals surface area contributed by atoms with E-state index in [1.165, 1.54) is 0 Å². The number of nitrogens with one attached hydrogen (secondary N) is 1. The lowest BCUT2D eigenvalue weighted by atomic mass is 9.94. The van der Waals surface area contributed by atoms with Crippen LogP contribution < -0.4 is 10.2 Å². The van der Waals surface area contributed by atoms with Gasteiger partial charge in [-0.3, -0.25) is 4.90 Å². The molecule has 168 valence electrons. The second-order valence-corrected chi connectivity index (χ2v) is 9.08. The lowest BCUT2D eigenvalue weighted by molar-refractivity contribution is 0.136. The van der Waals surface area contributed by atoms with Gasteiger partial charge in [-0.25, -0.2) is 4.79 Å². The van der Waals surface area contributed by atoms with E-state index in [-0.39, 0.29) is 6.03 Å². The molecule has 33 heavy (non-hydrogen) atoms. The first kappa shape index (κ1) is 23.1. The van der Waals surface area contributed by atoms with Crippen LogP contribution in [0.4, 0.5) is 16.2 Å². The predicted molar refractivity (Wildman–Crippen MR) is 132 cm³/mol. The van der Waals surface area contributed by atoms with Gasteiger partial charge in [0.1, 0.15) is 0 Å². The zero-order valence-electron chi connectivity index (χ0n) is 17.8. The molecular formula is C26H23Cl2N3O2. The summed E-state index contributed by atoms with van der Waals surface area (Å²) >= 11 is 12.1. The van der Waals surface area contributed by atoms with Gasteiger partial charge < -0.3 is 10.4 Å². The Hall–Kier alpha value is -3.04. The normalized spacial score (nSPS) is 14.7. The zero-order chi connectivity index (χ0) is 23.4. The van der Waals surface area contributed by atoms with E-state index >= 15 is 0 Å². The topological polar surface area (TPSA) is 76.4 Å². The van der Waals surface area contributed by atoms with Crippen LogP contribution in [0.5, 0.6) is 0 Å². The molecule has 3 aromatic carbocycles. The van der Waals surface area contributed by atoms with Crippen molar-refractivity contribution in [3.8, 4) is 6.07 Å². The minimum absolute atomic E-state index is 0.374. The van der Waals surface area contributed by atoms with Gasteiger partial charge in [0.25, 0.3) is 0 Å². The molecule has 3 aromatic rings. The van der Waals surface area contributed by atoms with Gasteiger partial charge in [0.15, 0.2) is 0 Å². The van der Waals surface area contributed by atoms with Crippen molar-refractivity contribution >= 4 is 40.6 Å². The van der Waals surface area contributed by atoms with E-state index in [1.807, 2.05) is 0 Å². The van der Waals surface area contributed by atoms with E-state index in [0.717, 1.165) is 12.8 Å². The van der Waals surface area contributed by atoms with E-state index in [4.69, 9.17) is 23.2 Å². The number of nitrogens with zero attached hydrogens (tertiary/aromatic N) is 2. The third kappa shape index (κ3) is 5.85. The van der Waals surface area contributed by atoms with Gasteiger partial charge in [-0.1, -0.05) is 48.2 Å². The Balaban J connectivity index is 1.72. The molecule has 0 bridgehead atoms. The molecule has 2 N–H and O–H groups in total. The molecule has 2 atom stereocenters. The van der Waals surface area contributed by atoms with E-state index in [0.29, 0.717) is 44.9 Å². The number of carbonyl (C=O) groups excluding carboxylic acids is 1. The lowest BCUT2D eigenvalue weighted by Crippen LogP contribution is -2.46. The Labute approximate surface area is 203 Å². The second-order valence-electron chi connectivity index (χ2n) is 8.21.